The first kappa shape index (κ1) is 35.8. The monoisotopic (exact) mass is 653 g/mol. The summed E-state index contributed by atoms with van der Waals surface area (Å²) >= 11 is 0.852. The van der Waals surface area contributed by atoms with Gasteiger partial charge in [-0.15, -0.1) is 0 Å². The van der Waals surface area contributed by atoms with Gasteiger partial charge >= 0.3 is 18.0 Å². The molecule has 2 unspecified atom stereocenters. The number of carbonyl (C=O) groups excluding carboxylic acids is 4. The topological polar surface area (TPSA) is 163 Å². The first-order chi connectivity index (χ1) is 21.7. The Hall–Kier alpha value is -4.65. The summed E-state index contributed by atoms with van der Waals surface area (Å²) in [6.45, 7) is 10.1. The summed E-state index contributed by atoms with van der Waals surface area (Å²) in [6.07, 6.45) is -0.570. The van der Waals surface area contributed by atoms with Crippen LogP contribution in [0.3, 0.4) is 0 Å². The number of hydrogen-bond donors (Lipinski definition) is 2. The number of allylic oxidation sites excluding steroid dienone is 1. The van der Waals surface area contributed by atoms with Gasteiger partial charge in [-0.2, -0.15) is 0 Å². The summed E-state index contributed by atoms with van der Waals surface area (Å²) in [4.78, 5) is 64.2. The van der Waals surface area contributed by atoms with Crippen LogP contribution in [-0.4, -0.2) is 58.7 Å². The third kappa shape index (κ3) is 9.67. The maximum absolute atomic E-state index is 13.7. The fourth-order valence-corrected chi connectivity index (χ4v) is 5.69. The molecule has 0 radical (unpaired) electrons. The van der Waals surface area contributed by atoms with E-state index in [4.69, 9.17) is 14.2 Å². The lowest BCUT2D eigenvalue weighted by Crippen LogP contribution is -2.44. The number of nitrogens with zero attached hydrogens (tertiary/aromatic N) is 1. The van der Waals surface area contributed by atoms with E-state index >= 15 is 0 Å². The van der Waals surface area contributed by atoms with E-state index in [-0.39, 0.29) is 47.9 Å². The lowest BCUT2D eigenvalue weighted by Gasteiger charge is -2.31. The quantitative estimate of drug-likeness (QED) is 0.132. The second-order valence-corrected chi connectivity index (χ2v) is 12.3. The van der Waals surface area contributed by atoms with Gasteiger partial charge in [0.25, 0.3) is 5.69 Å². The molecule has 0 saturated carbocycles. The Labute approximate surface area is 272 Å². The number of benzene rings is 2. The molecule has 1 aliphatic heterocycles. The number of esters is 2. The van der Waals surface area contributed by atoms with Crippen LogP contribution in [0.2, 0.25) is 0 Å². The predicted octanol–water partition coefficient (Wildman–Crippen LogP) is 5.33. The Morgan fingerprint density at radius 2 is 1.61 bits per heavy atom. The van der Waals surface area contributed by atoms with E-state index in [9.17, 15) is 29.3 Å². The highest BCUT2D eigenvalue weighted by atomic mass is 32.2. The molecule has 3 rings (SSSR count). The van der Waals surface area contributed by atoms with Gasteiger partial charge in [-0.3, -0.25) is 14.9 Å². The fraction of sp³-hybridized carbons (Fsp3) is 0.394. The number of alkyl carbamates (subject to hydrolysis) is 1. The number of dihydropyridines is 1. The SMILES string of the molecule is CCOC(=O)C1=C(C)NC(CSC(=O)C(Cc2ccccc2)NC(=O)OC(C)(C)C)=C(C(=O)OCC)C1c1cccc([N+](=O)[O-])c1. The summed E-state index contributed by atoms with van der Waals surface area (Å²) in [7, 11) is 0. The molecule has 46 heavy (non-hydrogen) atoms. The first-order valence-electron chi connectivity index (χ1n) is 14.7. The summed E-state index contributed by atoms with van der Waals surface area (Å²) in [5, 5.41) is 17.0. The number of carbonyl (C=O) groups is 4. The molecule has 0 aliphatic carbocycles. The average molecular weight is 654 g/mol. The second-order valence-electron chi connectivity index (χ2n) is 11.3. The Kier molecular flexibility index (Phi) is 12.5. The number of amides is 1. The van der Waals surface area contributed by atoms with Gasteiger partial charge in [0, 0.05) is 35.7 Å². The lowest BCUT2D eigenvalue weighted by molar-refractivity contribution is -0.384. The zero-order valence-electron chi connectivity index (χ0n) is 26.7. The van der Waals surface area contributed by atoms with Crippen LogP contribution in [0.25, 0.3) is 0 Å². The van der Waals surface area contributed by atoms with Gasteiger partial charge in [-0.05, 0) is 52.7 Å². The zero-order valence-corrected chi connectivity index (χ0v) is 27.5. The molecule has 1 aliphatic rings. The average Bonchev–Trinajstić information content (AvgIpc) is 2.98. The number of nitrogens with one attached hydrogen (secondary N) is 2. The Morgan fingerprint density at radius 3 is 2.20 bits per heavy atom. The highest BCUT2D eigenvalue weighted by Crippen LogP contribution is 2.41. The van der Waals surface area contributed by atoms with Crippen LogP contribution in [0, 0.1) is 10.1 Å². The van der Waals surface area contributed by atoms with E-state index in [1.54, 1.807) is 47.6 Å². The van der Waals surface area contributed by atoms with Gasteiger partial charge in [-0.25, -0.2) is 14.4 Å². The predicted molar refractivity (Wildman–Crippen MR) is 173 cm³/mol. The van der Waals surface area contributed by atoms with Gasteiger partial charge in [0.2, 0.25) is 5.12 Å². The third-order valence-corrected chi connectivity index (χ3v) is 7.67. The molecule has 12 nitrogen and oxygen atoms in total. The van der Waals surface area contributed by atoms with Crippen molar-refractivity contribution >= 4 is 40.6 Å². The van der Waals surface area contributed by atoms with Crippen LogP contribution < -0.4 is 10.6 Å². The minimum Gasteiger partial charge on any atom is -0.463 e. The van der Waals surface area contributed by atoms with E-state index in [1.807, 2.05) is 30.3 Å². The summed E-state index contributed by atoms with van der Waals surface area (Å²) < 4.78 is 16.1. The van der Waals surface area contributed by atoms with Crippen molar-refractivity contribution in [1.82, 2.24) is 10.6 Å². The van der Waals surface area contributed by atoms with E-state index in [0.717, 1.165) is 17.3 Å². The van der Waals surface area contributed by atoms with Crippen molar-refractivity contribution in [2.45, 2.75) is 65.5 Å². The smallest absolute Gasteiger partial charge is 0.408 e. The molecule has 0 bridgehead atoms. The molecular formula is C33H39N3O9S. The van der Waals surface area contributed by atoms with Gasteiger partial charge in [-0.1, -0.05) is 54.2 Å². The molecule has 2 aromatic carbocycles. The molecule has 0 saturated heterocycles. The number of thioether (sulfide) groups is 1. The molecule has 2 N–H and O–H groups in total. The van der Waals surface area contributed by atoms with Crippen molar-refractivity contribution in [3.8, 4) is 0 Å². The molecule has 0 spiro atoms. The van der Waals surface area contributed by atoms with Crippen LogP contribution in [0.5, 0.6) is 0 Å². The molecule has 0 fully saturated rings. The van der Waals surface area contributed by atoms with Gasteiger partial charge in [0.1, 0.15) is 11.6 Å². The number of nitro groups is 1. The fourth-order valence-electron chi connectivity index (χ4n) is 4.83. The minimum atomic E-state index is -1.09. The maximum atomic E-state index is 13.7. The molecule has 0 aromatic heterocycles. The highest BCUT2D eigenvalue weighted by molar-refractivity contribution is 8.13. The van der Waals surface area contributed by atoms with Crippen molar-refractivity contribution in [1.29, 1.82) is 0 Å². The van der Waals surface area contributed by atoms with E-state index in [2.05, 4.69) is 10.6 Å². The number of nitro benzene ring substituents is 1. The van der Waals surface area contributed by atoms with E-state index < -0.39 is 45.6 Å². The third-order valence-electron chi connectivity index (χ3n) is 6.67. The van der Waals surface area contributed by atoms with Crippen molar-refractivity contribution in [2.24, 2.45) is 0 Å². The van der Waals surface area contributed by atoms with E-state index in [0.29, 0.717) is 11.3 Å². The van der Waals surface area contributed by atoms with Gasteiger partial charge in [0.15, 0.2) is 0 Å². The molecule has 2 atom stereocenters. The molecule has 13 heteroatoms. The van der Waals surface area contributed by atoms with Crippen molar-refractivity contribution in [3.05, 3.63) is 98.4 Å². The number of non-ortho nitro benzene ring substituents is 1. The number of hydrogen-bond acceptors (Lipinski definition) is 11. The Morgan fingerprint density at radius 1 is 0.978 bits per heavy atom. The minimum absolute atomic E-state index is 0.0102. The standard InChI is InChI=1S/C33H39N3O9S/c1-7-43-29(37)26-20(3)34-25(28(30(38)44-8-2)27(26)22-15-12-16-23(18-22)36(41)42)19-46-31(39)24(17-21-13-10-9-11-14-21)35-32(40)45-33(4,5)6/h9-16,18,24,27,34H,7-8,17,19H2,1-6H3,(H,35,40). The number of ether oxygens (including phenoxy) is 3. The molecule has 246 valence electrons. The van der Waals surface area contributed by atoms with Gasteiger partial charge < -0.3 is 24.8 Å². The second kappa shape index (κ2) is 16.1. The summed E-state index contributed by atoms with van der Waals surface area (Å²) in [5.74, 6) is -2.65. The van der Waals surface area contributed by atoms with Crippen LogP contribution in [-0.2, 0) is 35.0 Å². The van der Waals surface area contributed by atoms with Gasteiger partial charge in [0.05, 0.1) is 35.2 Å². The highest BCUT2D eigenvalue weighted by Gasteiger charge is 2.40. The molecule has 2 aromatic rings. The number of rotatable bonds is 12. The molecule has 1 amide bonds. The largest absolute Gasteiger partial charge is 0.463 e. The van der Waals surface area contributed by atoms with Crippen LogP contribution in [0.4, 0.5) is 10.5 Å². The molecule has 1 heterocycles. The normalized spacial score (nSPS) is 15.4. The lowest BCUT2D eigenvalue weighted by atomic mass is 9.80. The van der Waals surface area contributed by atoms with Crippen LogP contribution >= 0.6 is 11.8 Å². The van der Waals surface area contributed by atoms with Crippen molar-refractivity contribution in [2.75, 3.05) is 19.0 Å². The Balaban J connectivity index is 2.05. The van der Waals surface area contributed by atoms with Crippen LogP contribution in [0.15, 0.2) is 77.1 Å². The van der Waals surface area contributed by atoms with Crippen molar-refractivity contribution in [3.63, 3.8) is 0 Å². The van der Waals surface area contributed by atoms with E-state index in [1.165, 1.54) is 18.2 Å². The summed E-state index contributed by atoms with van der Waals surface area (Å²) in [5.41, 5.74) is 0.795. The molecular weight excluding hydrogens is 614 g/mol. The first-order valence-corrected chi connectivity index (χ1v) is 15.7. The maximum Gasteiger partial charge on any atom is 0.408 e. The Bertz CT molecular complexity index is 1530. The van der Waals surface area contributed by atoms with Crippen molar-refractivity contribution < 1.29 is 38.3 Å². The summed E-state index contributed by atoms with van der Waals surface area (Å²) in [6, 6.07) is 13.8. The van der Waals surface area contributed by atoms with Crippen LogP contribution in [0.1, 0.15) is 58.6 Å². The zero-order chi connectivity index (χ0) is 34.0.